The van der Waals surface area contributed by atoms with Crippen molar-refractivity contribution in [2.75, 3.05) is 20.8 Å². The van der Waals surface area contributed by atoms with Crippen molar-refractivity contribution in [2.45, 2.75) is 6.61 Å². The molecule has 3 heterocycles. The van der Waals surface area contributed by atoms with Crippen LogP contribution in [-0.4, -0.2) is 51.9 Å². The van der Waals surface area contributed by atoms with E-state index in [1.165, 1.54) is 42.3 Å². The van der Waals surface area contributed by atoms with Crippen LogP contribution in [0.2, 0.25) is 0 Å². The van der Waals surface area contributed by atoms with E-state index in [1.54, 1.807) is 22.9 Å². The lowest BCUT2D eigenvalue weighted by Crippen LogP contribution is -2.20. The van der Waals surface area contributed by atoms with Crippen LogP contribution in [0.25, 0.3) is 16.0 Å². The van der Waals surface area contributed by atoms with Crippen LogP contribution < -0.4 is 25.5 Å². The second kappa shape index (κ2) is 8.78. The number of nitrogens with two attached hydrogens (primary N) is 1. The van der Waals surface area contributed by atoms with Crippen molar-refractivity contribution >= 4 is 39.2 Å². The molecule has 4 aromatic rings. The molecule has 2 N–H and O–H groups in total. The summed E-state index contributed by atoms with van der Waals surface area (Å²) in [5, 5.41) is 9.93. The third-order valence-corrected chi connectivity index (χ3v) is 5.68. The molecule has 172 valence electrons. The van der Waals surface area contributed by atoms with Gasteiger partial charge in [-0.1, -0.05) is 0 Å². The highest BCUT2D eigenvalue weighted by Gasteiger charge is 2.21. The van der Waals surface area contributed by atoms with Gasteiger partial charge in [0.25, 0.3) is 11.5 Å². The molecule has 0 aliphatic heterocycles. The molecule has 0 radical (unpaired) electrons. The number of carbonyl (C=O) groups excluding carboxylic acids is 2. The molecular formula is C20H19N5O7S. The summed E-state index contributed by atoms with van der Waals surface area (Å²) in [4.78, 5) is 36.3. The summed E-state index contributed by atoms with van der Waals surface area (Å²) in [7, 11) is 4.35. The SMILES string of the molecule is COc1cc(C(=O)OCc2nnc3n(C)c(=O)c4sccc4n23)cc(OC)c1OCC(N)=O. The van der Waals surface area contributed by atoms with Crippen molar-refractivity contribution in [3.63, 3.8) is 0 Å². The fraction of sp³-hybridized carbons (Fsp3) is 0.250. The monoisotopic (exact) mass is 473 g/mol. The minimum atomic E-state index is -0.684. The molecule has 0 saturated carbocycles. The highest BCUT2D eigenvalue weighted by molar-refractivity contribution is 7.17. The summed E-state index contributed by atoms with van der Waals surface area (Å²) in [5.74, 6) is -0.249. The molecule has 0 unspecified atom stereocenters. The van der Waals surface area contributed by atoms with Gasteiger partial charge in [-0.2, -0.15) is 0 Å². The second-order valence-corrected chi connectivity index (χ2v) is 7.71. The lowest BCUT2D eigenvalue weighted by molar-refractivity contribution is -0.120. The van der Waals surface area contributed by atoms with Gasteiger partial charge < -0.3 is 24.7 Å². The van der Waals surface area contributed by atoms with E-state index in [1.807, 2.05) is 0 Å². The van der Waals surface area contributed by atoms with E-state index in [0.717, 1.165) is 0 Å². The van der Waals surface area contributed by atoms with Crippen LogP contribution in [0.4, 0.5) is 0 Å². The van der Waals surface area contributed by atoms with Gasteiger partial charge in [0.15, 0.2) is 30.5 Å². The Morgan fingerprint density at radius 2 is 1.85 bits per heavy atom. The Kier molecular flexibility index (Phi) is 5.87. The molecule has 1 amide bonds. The number of carbonyl (C=O) groups is 2. The lowest BCUT2D eigenvalue weighted by Gasteiger charge is -2.15. The molecule has 0 spiro atoms. The number of hydrogen-bond acceptors (Lipinski definition) is 10. The molecule has 0 aliphatic carbocycles. The maximum atomic E-state index is 12.8. The van der Waals surface area contributed by atoms with E-state index in [-0.39, 0.29) is 35.0 Å². The minimum absolute atomic E-state index is 0.122. The molecule has 0 saturated heterocycles. The summed E-state index contributed by atoms with van der Waals surface area (Å²) in [5.41, 5.74) is 5.70. The molecule has 3 aromatic heterocycles. The Labute approximate surface area is 190 Å². The molecule has 0 aliphatic rings. The van der Waals surface area contributed by atoms with Crippen molar-refractivity contribution in [3.8, 4) is 17.2 Å². The van der Waals surface area contributed by atoms with Gasteiger partial charge in [0.05, 0.1) is 25.3 Å². The first-order chi connectivity index (χ1) is 15.8. The third kappa shape index (κ3) is 3.93. The average molecular weight is 473 g/mol. The molecule has 0 fully saturated rings. The van der Waals surface area contributed by atoms with Crippen LogP contribution in [0.1, 0.15) is 16.2 Å². The van der Waals surface area contributed by atoms with E-state index in [2.05, 4.69) is 10.2 Å². The van der Waals surface area contributed by atoms with Crippen LogP contribution in [0.5, 0.6) is 17.2 Å². The first-order valence-electron chi connectivity index (χ1n) is 9.50. The molecule has 0 bridgehead atoms. The van der Waals surface area contributed by atoms with Gasteiger partial charge >= 0.3 is 5.97 Å². The topological polar surface area (TPSA) is 149 Å². The van der Waals surface area contributed by atoms with Crippen molar-refractivity contribution < 1.29 is 28.5 Å². The number of amides is 1. The number of methoxy groups -OCH3 is 2. The van der Waals surface area contributed by atoms with E-state index >= 15 is 0 Å². The number of hydrogen-bond donors (Lipinski definition) is 1. The van der Waals surface area contributed by atoms with Crippen LogP contribution in [0.3, 0.4) is 0 Å². The van der Waals surface area contributed by atoms with E-state index in [0.29, 0.717) is 21.8 Å². The summed E-state index contributed by atoms with van der Waals surface area (Å²) in [6.07, 6.45) is 0. The average Bonchev–Trinajstić information content (AvgIpc) is 3.46. The number of primary amides is 1. The smallest absolute Gasteiger partial charge is 0.338 e. The van der Waals surface area contributed by atoms with Crippen LogP contribution in [-0.2, 0) is 23.2 Å². The van der Waals surface area contributed by atoms with Crippen LogP contribution >= 0.6 is 11.3 Å². The van der Waals surface area contributed by atoms with Gasteiger partial charge in [0, 0.05) is 7.05 Å². The van der Waals surface area contributed by atoms with Gasteiger partial charge in [0.1, 0.15) is 4.70 Å². The Morgan fingerprint density at radius 3 is 2.48 bits per heavy atom. The quantitative estimate of drug-likeness (QED) is 0.368. The molecule has 0 atom stereocenters. The van der Waals surface area contributed by atoms with Gasteiger partial charge in [0.2, 0.25) is 11.5 Å². The number of aromatic nitrogens is 4. The number of rotatable bonds is 8. The number of thiophene rings is 1. The molecule has 33 heavy (non-hydrogen) atoms. The molecular weight excluding hydrogens is 454 g/mol. The second-order valence-electron chi connectivity index (χ2n) is 6.79. The Hall–Kier alpha value is -4.13. The fourth-order valence-electron chi connectivity index (χ4n) is 3.24. The Balaban J connectivity index is 1.63. The van der Waals surface area contributed by atoms with Crippen molar-refractivity contribution in [3.05, 3.63) is 45.3 Å². The largest absolute Gasteiger partial charge is 0.493 e. The van der Waals surface area contributed by atoms with Crippen molar-refractivity contribution in [1.29, 1.82) is 0 Å². The van der Waals surface area contributed by atoms with Crippen LogP contribution in [0.15, 0.2) is 28.4 Å². The Bertz CT molecular complexity index is 1410. The zero-order chi connectivity index (χ0) is 23.7. The standard InChI is InChI=1S/C20H19N5O7S/c1-24-18(27)17-11(4-5-33-17)25-15(22-23-20(24)25)9-32-19(28)10-6-12(29-2)16(13(7-10)30-3)31-8-14(21)26/h4-7H,8-9H2,1-3H3,(H2,21,26). The summed E-state index contributed by atoms with van der Waals surface area (Å²) >= 11 is 1.31. The predicted molar refractivity (Wildman–Crippen MR) is 117 cm³/mol. The number of nitrogens with zero attached hydrogens (tertiary/aromatic N) is 4. The predicted octanol–water partition coefficient (Wildman–Crippen LogP) is 0.881. The lowest BCUT2D eigenvalue weighted by atomic mass is 10.2. The molecule has 1 aromatic carbocycles. The summed E-state index contributed by atoms with van der Waals surface area (Å²) in [6.45, 7) is -0.594. The van der Waals surface area contributed by atoms with Gasteiger partial charge in [-0.25, -0.2) is 4.79 Å². The van der Waals surface area contributed by atoms with Gasteiger partial charge in [-0.15, -0.1) is 21.5 Å². The van der Waals surface area contributed by atoms with Crippen LogP contribution in [0, 0.1) is 0 Å². The number of esters is 1. The van der Waals surface area contributed by atoms with Gasteiger partial charge in [-0.3, -0.25) is 18.6 Å². The zero-order valence-electron chi connectivity index (χ0n) is 17.9. The molecule has 13 heteroatoms. The minimum Gasteiger partial charge on any atom is -0.493 e. The zero-order valence-corrected chi connectivity index (χ0v) is 18.7. The third-order valence-electron chi connectivity index (χ3n) is 4.78. The summed E-state index contributed by atoms with van der Waals surface area (Å²) in [6, 6.07) is 4.57. The van der Waals surface area contributed by atoms with E-state index in [9.17, 15) is 14.4 Å². The maximum absolute atomic E-state index is 12.8. The first-order valence-corrected chi connectivity index (χ1v) is 10.4. The van der Waals surface area contributed by atoms with Crippen molar-refractivity contribution in [2.24, 2.45) is 12.8 Å². The number of aryl methyl sites for hydroxylation is 1. The van der Waals surface area contributed by atoms with Crippen molar-refractivity contribution in [1.82, 2.24) is 19.2 Å². The maximum Gasteiger partial charge on any atom is 0.338 e. The number of benzene rings is 1. The fourth-order valence-corrected chi connectivity index (χ4v) is 4.09. The van der Waals surface area contributed by atoms with E-state index in [4.69, 9.17) is 24.7 Å². The van der Waals surface area contributed by atoms with Gasteiger partial charge in [-0.05, 0) is 23.6 Å². The molecule has 4 rings (SSSR count). The first kappa shape index (κ1) is 22.1. The number of fused-ring (bicyclic) bond motifs is 3. The Morgan fingerprint density at radius 1 is 1.15 bits per heavy atom. The normalized spacial score (nSPS) is 11.0. The highest BCUT2D eigenvalue weighted by atomic mass is 32.1. The summed E-state index contributed by atoms with van der Waals surface area (Å²) < 4.78 is 24.9. The van der Waals surface area contributed by atoms with E-state index < -0.39 is 18.5 Å². The molecule has 12 nitrogen and oxygen atoms in total. The number of ether oxygens (including phenoxy) is 4. The highest BCUT2D eigenvalue weighted by Crippen LogP contribution is 2.38.